The van der Waals surface area contributed by atoms with Gasteiger partial charge in [-0.2, -0.15) is 0 Å². The van der Waals surface area contributed by atoms with Crippen LogP contribution < -0.4 is 5.32 Å². The first kappa shape index (κ1) is 16.1. The van der Waals surface area contributed by atoms with Crippen molar-refractivity contribution < 1.29 is 9.18 Å². The first-order valence-corrected chi connectivity index (χ1v) is 8.04. The zero-order valence-electron chi connectivity index (χ0n) is 13.8. The summed E-state index contributed by atoms with van der Waals surface area (Å²) in [5.74, 6) is -0.369. The van der Waals surface area contributed by atoms with E-state index in [2.05, 4.69) is 10.3 Å². The average molecular weight is 322 g/mol. The number of hydrogen-bond acceptors (Lipinski definition) is 2. The van der Waals surface area contributed by atoms with Crippen molar-refractivity contribution in [2.24, 2.45) is 0 Å². The van der Waals surface area contributed by atoms with Gasteiger partial charge in [0.25, 0.3) is 5.91 Å². The Hall–Kier alpha value is -2.75. The van der Waals surface area contributed by atoms with Crippen molar-refractivity contribution in [3.05, 3.63) is 65.6 Å². The third-order valence-electron chi connectivity index (χ3n) is 3.90. The molecule has 0 fully saturated rings. The van der Waals surface area contributed by atoms with Crippen LogP contribution >= 0.6 is 0 Å². The maximum Gasteiger partial charge on any atom is 0.252 e. The molecule has 3 rings (SSSR count). The van der Waals surface area contributed by atoms with Crippen LogP contribution in [-0.2, 0) is 0 Å². The molecule has 0 unspecified atom stereocenters. The van der Waals surface area contributed by atoms with E-state index >= 15 is 0 Å². The van der Waals surface area contributed by atoms with Crippen molar-refractivity contribution in [3.63, 3.8) is 0 Å². The third-order valence-corrected chi connectivity index (χ3v) is 3.90. The number of nitrogens with one attached hydrogen (secondary N) is 1. The van der Waals surface area contributed by atoms with Crippen LogP contribution in [0.4, 0.5) is 4.39 Å². The van der Waals surface area contributed by atoms with E-state index < -0.39 is 0 Å². The number of nitrogens with zero attached hydrogens (tertiary/aromatic N) is 1. The number of pyridine rings is 1. The van der Waals surface area contributed by atoms with Crippen LogP contribution in [0, 0.1) is 12.7 Å². The van der Waals surface area contributed by atoms with Crippen LogP contribution in [0.1, 0.15) is 29.4 Å². The molecule has 1 N–H and O–H groups in total. The lowest BCUT2D eigenvalue weighted by Crippen LogP contribution is -2.24. The summed E-state index contributed by atoms with van der Waals surface area (Å²) < 4.78 is 13.2. The van der Waals surface area contributed by atoms with E-state index in [9.17, 15) is 9.18 Å². The van der Waals surface area contributed by atoms with Crippen molar-refractivity contribution in [2.45, 2.75) is 20.3 Å². The van der Waals surface area contributed by atoms with Gasteiger partial charge in [0.15, 0.2) is 0 Å². The van der Waals surface area contributed by atoms with Gasteiger partial charge in [-0.1, -0.05) is 37.3 Å². The van der Waals surface area contributed by atoms with Crippen molar-refractivity contribution in [3.8, 4) is 11.1 Å². The monoisotopic (exact) mass is 322 g/mol. The Morgan fingerprint density at radius 1 is 1.17 bits per heavy atom. The highest BCUT2D eigenvalue weighted by atomic mass is 19.1. The first-order valence-electron chi connectivity index (χ1n) is 8.04. The highest BCUT2D eigenvalue weighted by molar-refractivity contribution is 6.09. The van der Waals surface area contributed by atoms with Gasteiger partial charge in [-0.15, -0.1) is 0 Å². The summed E-state index contributed by atoms with van der Waals surface area (Å²) in [6.45, 7) is 4.53. The predicted octanol–water partition coefficient (Wildman–Crippen LogP) is 4.49. The average Bonchev–Trinajstić information content (AvgIpc) is 2.59. The summed E-state index contributed by atoms with van der Waals surface area (Å²) in [6, 6.07) is 13.9. The molecular weight excluding hydrogens is 303 g/mol. The lowest BCUT2D eigenvalue weighted by Gasteiger charge is -2.12. The number of aromatic nitrogens is 1. The van der Waals surface area contributed by atoms with Crippen molar-refractivity contribution >= 4 is 16.8 Å². The predicted molar refractivity (Wildman–Crippen MR) is 94.5 cm³/mol. The number of para-hydroxylation sites is 1. The van der Waals surface area contributed by atoms with Gasteiger partial charge in [0.05, 0.1) is 11.1 Å². The number of carbonyl (C=O) groups is 1. The Balaban J connectivity index is 2.18. The number of rotatable bonds is 4. The van der Waals surface area contributed by atoms with Gasteiger partial charge in [0.2, 0.25) is 0 Å². The molecule has 0 aliphatic heterocycles. The van der Waals surface area contributed by atoms with Crippen LogP contribution in [0.5, 0.6) is 0 Å². The molecule has 0 aliphatic carbocycles. The van der Waals surface area contributed by atoms with E-state index in [0.717, 1.165) is 34.1 Å². The Bertz CT molecular complexity index is 888. The third kappa shape index (κ3) is 3.13. The minimum atomic E-state index is -0.275. The SMILES string of the molecule is CCCNC(=O)c1cc(C)nc2c(-c3ccc(F)cc3)cccc12. The van der Waals surface area contributed by atoms with Crippen LogP contribution in [0.15, 0.2) is 48.5 Å². The van der Waals surface area contributed by atoms with Gasteiger partial charge in [0, 0.05) is 23.2 Å². The Morgan fingerprint density at radius 3 is 2.62 bits per heavy atom. The molecule has 1 aromatic heterocycles. The highest BCUT2D eigenvalue weighted by Crippen LogP contribution is 2.29. The Labute approximate surface area is 140 Å². The first-order chi connectivity index (χ1) is 11.6. The van der Waals surface area contributed by atoms with Gasteiger partial charge in [0.1, 0.15) is 5.82 Å². The largest absolute Gasteiger partial charge is 0.352 e. The number of aryl methyl sites for hydroxylation is 1. The van der Waals surface area contributed by atoms with Gasteiger partial charge < -0.3 is 5.32 Å². The molecule has 2 aromatic carbocycles. The smallest absolute Gasteiger partial charge is 0.252 e. The zero-order chi connectivity index (χ0) is 17.1. The maximum atomic E-state index is 13.2. The molecule has 0 saturated carbocycles. The molecule has 0 spiro atoms. The normalized spacial score (nSPS) is 10.8. The van der Waals surface area contributed by atoms with E-state index in [1.54, 1.807) is 12.1 Å². The van der Waals surface area contributed by atoms with Crippen LogP contribution in [0.2, 0.25) is 0 Å². The number of amides is 1. The second-order valence-corrected chi connectivity index (χ2v) is 5.78. The molecule has 4 heteroatoms. The lowest BCUT2D eigenvalue weighted by molar-refractivity contribution is 0.0955. The van der Waals surface area contributed by atoms with E-state index in [1.165, 1.54) is 12.1 Å². The molecule has 0 radical (unpaired) electrons. The molecular formula is C20H19FN2O. The van der Waals surface area contributed by atoms with Gasteiger partial charge in [-0.3, -0.25) is 9.78 Å². The standard InChI is InChI=1S/C20H19FN2O/c1-3-11-22-20(24)18-12-13(2)23-19-16(5-4-6-17(18)19)14-7-9-15(21)10-8-14/h4-10,12H,3,11H2,1-2H3,(H,22,24). The second kappa shape index (κ2) is 6.79. The van der Waals surface area contributed by atoms with Crippen molar-refractivity contribution in [1.29, 1.82) is 0 Å². The molecule has 122 valence electrons. The molecule has 3 aromatic rings. The summed E-state index contributed by atoms with van der Waals surface area (Å²) in [4.78, 5) is 17.1. The van der Waals surface area contributed by atoms with Crippen LogP contribution in [0.25, 0.3) is 22.0 Å². The number of benzene rings is 2. The van der Waals surface area contributed by atoms with E-state index in [-0.39, 0.29) is 11.7 Å². The minimum Gasteiger partial charge on any atom is -0.352 e. The topological polar surface area (TPSA) is 42.0 Å². The van der Waals surface area contributed by atoms with E-state index in [1.807, 2.05) is 38.1 Å². The molecule has 1 amide bonds. The van der Waals surface area contributed by atoms with Crippen LogP contribution in [0.3, 0.4) is 0 Å². The molecule has 3 nitrogen and oxygen atoms in total. The number of hydrogen-bond donors (Lipinski definition) is 1. The number of fused-ring (bicyclic) bond motifs is 1. The second-order valence-electron chi connectivity index (χ2n) is 5.78. The summed E-state index contributed by atoms with van der Waals surface area (Å²) in [5.41, 5.74) is 3.92. The molecule has 0 saturated heterocycles. The summed E-state index contributed by atoms with van der Waals surface area (Å²) in [7, 11) is 0. The number of halogens is 1. The van der Waals surface area contributed by atoms with Crippen LogP contribution in [-0.4, -0.2) is 17.4 Å². The number of carbonyl (C=O) groups excluding carboxylic acids is 1. The van der Waals surface area contributed by atoms with Gasteiger partial charge in [-0.25, -0.2) is 4.39 Å². The lowest BCUT2D eigenvalue weighted by atomic mass is 9.98. The van der Waals surface area contributed by atoms with Gasteiger partial charge >= 0.3 is 0 Å². The van der Waals surface area contributed by atoms with Crippen molar-refractivity contribution in [1.82, 2.24) is 10.3 Å². The summed E-state index contributed by atoms with van der Waals surface area (Å²) in [5, 5.41) is 3.72. The summed E-state index contributed by atoms with van der Waals surface area (Å²) in [6.07, 6.45) is 0.883. The highest BCUT2D eigenvalue weighted by Gasteiger charge is 2.14. The van der Waals surface area contributed by atoms with E-state index in [0.29, 0.717) is 12.1 Å². The van der Waals surface area contributed by atoms with Crippen molar-refractivity contribution in [2.75, 3.05) is 6.54 Å². The van der Waals surface area contributed by atoms with E-state index in [4.69, 9.17) is 0 Å². The molecule has 1 heterocycles. The molecule has 0 atom stereocenters. The Kier molecular flexibility index (Phi) is 4.56. The quantitative estimate of drug-likeness (QED) is 0.769. The fourth-order valence-electron chi connectivity index (χ4n) is 2.76. The Morgan fingerprint density at radius 2 is 1.92 bits per heavy atom. The zero-order valence-corrected chi connectivity index (χ0v) is 13.8. The molecule has 0 aliphatic rings. The molecule has 0 bridgehead atoms. The maximum absolute atomic E-state index is 13.2. The van der Waals surface area contributed by atoms with Gasteiger partial charge in [-0.05, 0) is 37.1 Å². The minimum absolute atomic E-state index is 0.0939. The fourth-order valence-corrected chi connectivity index (χ4v) is 2.76. The molecule has 24 heavy (non-hydrogen) atoms. The fraction of sp³-hybridized carbons (Fsp3) is 0.200. The summed E-state index contributed by atoms with van der Waals surface area (Å²) >= 11 is 0.